The van der Waals surface area contributed by atoms with Gasteiger partial charge in [0.05, 0.1) is 4.90 Å². The Hall–Kier alpha value is -1.67. The minimum atomic E-state index is -3.68. The lowest BCUT2D eigenvalue weighted by Gasteiger charge is -2.56. The summed E-state index contributed by atoms with van der Waals surface area (Å²) in [6.07, 6.45) is 8.98. The van der Waals surface area contributed by atoms with Crippen molar-refractivity contribution in [2.24, 2.45) is 23.2 Å². The third kappa shape index (κ3) is 4.08. The summed E-state index contributed by atoms with van der Waals surface area (Å²) in [6, 6.07) is 2.54. The Morgan fingerprint density at radius 3 is 2.20 bits per heavy atom. The Kier molecular flexibility index (Phi) is 5.83. The zero-order valence-electron chi connectivity index (χ0n) is 18.0. The molecule has 5 rings (SSSR count). The number of carbonyl (C=O) groups excluding carboxylic acids is 1. The van der Waals surface area contributed by atoms with E-state index in [1.165, 1.54) is 65.7 Å². The van der Waals surface area contributed by atoms with Crippen LogP contribution >= 0.6 is 0 Å². The summed E-state index contributed by atoms with van der Waals surface area (Å²) >= 11 is 0. The molecule has 1 aromatic rings. The van der Waals surface area contributed by atoms with Gasteiger partial charge in [-0.3, -0.25) is 9.59 Å². The Labute approximate surface area is 178 Å². The average molecular weight is 436 g/mol. The molecule has 0 aliphatic heterocycles. The second-order valence-electron chi connectivity index (χ2n) is 9.61. The normalized spacial score (nSPS) is 30.0. The third-order valence-corrected chi connectivity index (χ3v) is 9.47. The zero-order chi connectivity index (χ0) is 21.5. The van der Waals surface area contributed by atoms with Gasteiger partial charge < -0.3 is 9.88 Å². The highest BCUT2D eigenvalue weighted by atomic mass is 32.2. The van der Waals surface area contributed by atoms with Crippen molar-refractivity contribution < 1.29 is 13.2 Å². The molecule has 0 spiro atoms. The lowest BCUT2D eigenvalue weighted by molar-refractivity contribution is -0.123. The van der Waals surface area contributed by atoms with Gasteiger partial charge in [0.1, 0.15) is 6.54 Å². The van der Waals surface area contributed by atoms with Crippen molar-refractivity contribution in [3.63, 3.8) is 0 Å². The summed E-state index contributed by atoms with van der Waals surface area (Å²) in [5.74, 6) is 2.22. The number of aromatic nitrogens is 1. The molecule has 4 bridgehead atoms. The SMILES string of the molecule is CCN(CC)S(=O)(=O)c1ccc(=O)n(CC(=O)NCC23CC4CC(CC(C4)C2)C3)c1. The van der Waals surface area contributed by atoms with E-state index in [4.69, 9.17) is 0 Å². The number of hydrogen-bond donors (Lipinski definition) is 1. The van der Waals surface area contributed by atoms with Gasteiger partial charge in [0.25, 0.3) is 5.56 Å². The summed E-state index contributed by atoms with van der Waals surface area (Å²) in [5, 5.41) is 3.06. The maximum atomic E-state index is 12.7. The second kappa shape index (κ2) is 8.11. The zero-order valence-corrected chi connectivity index (χ0v) is 18.8. The van der Waals surface area contributed by atoms with Crippen molar-refractivity contribution in [2.75, 3.05) is 19.6 Å². The topological polar surface area (TPSA) is 88.5 Å². The van der Waals surface area contributed by atoms with Crippen LogP contribution in [0, 0.1) is 23.2 Å². The summed E-state index contributed by atoms with van der Waals surface area (Å²) in [4.78, 5) is 24.9. The highest BCUT2D eigenvalue weighted by Crippen LogP contribution is 2.59. The smallest absolute Gasteiger partial charge is 0.251 e. The lowest BCUT2D eigenvalue weighted by atomic mass is 9.49. The molecule has 30 heavy (non-hydrogen) atoms. The molecule has 0 saturated heterocycles. The van der Waals surface area contributed by atoms with Gasteiger partial charge >= 0.3 is 0 Å². The molecular formula is C22H33N3O4S. The summed E-state index contributed by atoms with van der Waals surface area (Å²) < 4.78 is 28.0. The maximum Gasteiger partial charge on any atom is 0.251 e. The van der Waals surface area contributed by atoms with Crippen LogP contribution in [-0.2, 0) is 21.4 Å². The Morgan fingerprint density at radius 1 is 1.10 bits per heavy atom. The number of carbonyl (C=O) groups is 1. The summed E-state index contributed by atoms with van der Waals surface area (Å²) in [5.41, 5.74) is -0.151. The van der Waals surface area contributed by atoms with Gasteiger partial charge in [0.15, 0.2) is 0 Å². The Bertz CT molecular complexity index is 930. The molecular weight excluding hydrogens is 402 g/mol. The molecule has 1 heterocycles. The number of nitrogens with zero attached hydrogens (tertiary/aromatic N) is 2. The Balaban J connectivity index is 1.43. The molecule has 8 heteroatoms. The first-order chi connectivity index (χ1) is 14.2. The molecule has 0 aromatic carbocycles. The number of nitrogens with one attached hydrogen (secondary N) is 1. The van der Waals surface area contributed by atoms with Gasteiger partial charge in [-0.1, -0.05) is 13.8 Å². The maximum absolute atomic E-state index is 12.7. The number of pyridine rings is 1. The first-order valence-corrected chi connectivity index (χ1v) is 12.7. The van der Waals surface area contributed by atoms with Crippen LogP contribution in [0.25, 0.3) is 0 Å². The van der Waals surface area contributed by atoms with Crippen molar-refractivity contribution in [3.05, 3.63) is 28.7 Å². The van der Waals surface area contributed by atoms with E-state index >= 15 is 0 Å². The molecule has 0 atom stereocenters. The molecule has 1 N–H and O–H groups in total. The van der Waals surface area contributed by atoms with E-state index < -0.39 is 10.0 Å². The molecule has 1 amide bonds. The van der Waals surface area contributed by atoms with E-state index in [1.807, 2.05) is 0 Å². The van der Waals surface area contributed by atoms with Crippen LogP contribution in [0.4, 0.5) is 0 Å². The fraction of sp³-hybridized carbons (Fsp3) is 0.727. The molecule has 4 aliphatic carbocycles. The highest BCUT2D eigenvalue weighted by molar-refractivity contribution is 7.89. The van der Waals surface area contributed by atoms with Gasteiger partial charge in [0, 0.05) is 31.9 Å². The van der Waals surface area contributed by atoms with Crippen molar-refractivity contribution in [2.45, 2.75) is 63.8 Å². The van der Waals surface area contributed by atoms with Crippen LogP contribution in [0.1, 0.15) is 52.4 Å². The number of sulfonamides is 1. The van der Waals surface area contributed by atoms with E-state index in [-0.39, 0.29) is 28.3 Å². The van der Waals surface area contributed by atoms with E-state index in [9.17, 15) is 18.0 Å². The quantitative estimate of drug-likeness (QED) is 0.678. The van der Waals surface area contributed by atoms with E-state index in [0.717, 1.165) is 17.8 Å². The summed E-state index contributed by atoms with van der Waals surface area (Å²) in [7, 11) is -3.68. The molecule has 1 aromatic heterocycles. The summed E-state index contributed by atoms with van der Waals surface area (Å²) in [6.45, 7) is 4.76. The molecule has 4 aliphatic rings. The van der Waals surface area contributed by atoms with Crippen LogP contribution in [-0.4, -0.2) is 42.8 Å². The predicted molar refractivity (Wildman–Crippen MR) is 114 cm³/mol. The van der Waals surface area contributed by atoms with Crippen molar-refractivity contribution >= 4 is 15.9 Å². The van der Waals surface area contributed by atoms with Crippen molar-refractivity contribution in [3.8, 4) is 0 Å². The molecule has 0 radical (unpaired) electrons. The first-order valence-electron chi connectivity index (χ1n) is 11.2. The number of amides is 1. The first kappa shape index (κ1) is 21.6. The average Bonchev–Trinajstić information content (AvgIpc) is 2.68. The third-order valence-electron chi connectivity index (χ3n) is 7.44. The van der Waals surface area contributed by atoms with Crippen LogP contribution in [0.3, 0.4) is 0 Å². The molecule has 166 valence electrons. The molecule has 0 unspecified atom stereocenters. The standard InChI is InChI=1S/C22H33N3O4S/c1-3-25(4-2)30(28,29)19-5-6-21(27)24(13-19)14-20(26)23-15-22-10-16-7-17(11-22)9-18(8-16)12-22/h5-6,13,16-18H,3-4,7-12,14-15H2,1-2H3,(H,23,26). The van der Waals surface area contributed by atoms with E-state index in [1.54, 1.807) is 13.8 Å². The van der Waals surface area contributed by atoms with Crippen LogP contribution in [0.15, 0.2) is 28.0 Å². The van der Waals surface area contributed by atoms with E-state index in [2.05, 4.69) is 5.32 Å². The minimum Gasteiger partial charge on any atom is -0.354 e. The molecule has 7 nitrogen and oxygen atoms in total. The van der Waals surface area contributed by atoms with Crippen molar-refractivity contribution in [1.29, 1.82) is 0 Å². The lowest BCUT2D eigenvalue weighted by Crippen LogP contribution is -2.51. The fourth-order valence-corrected chi connectivity index (χ4v) is 7.98. The minimum absolute atomic E-state index is 0.0414. The highest BCUT2D eigenvalue weighted by Gasteiger charge is 2.50. The second-order valence-corrected chi connectivity index (χ2v) is 11.6. The van der Waals surface area contributed by atoms with Crippen LogP contribution in [0.2, 0.25) is 0 Å². The van der Waals surface area contributed by atoms with Crippen LogP contribution in [0.5, 0.6) is 0 Å². The predicted octanol–water partition coefficient (Wildman–Crippen LogP) is 2.21. The fourth-order valence-electron chi connectivity index (χ4n) is 6.50. The molecule has 4 fully saturated rings. The Morgan fingerprint density at radius 2 is 1.67 bits per heavy atom. The van der Waals surface area contributed by atoms with Gasteiger partial charge in [-0.05, 0) is 67.8 Å². The van der Waals surface area contributed by atoms with Gasteiger partial charge in [0.2, 0.25) is 15.9 Å². The number of rotatable bonds is 8. The van der Waals surface area contributed by atoms with Gasteiger partial charge in [-0.2, -0.15) is 4.31 Å². The largest absolute Gasteiger partial charge is 0.354 e. The van der Waals surface area contributed by atoms with E-state index in [0.29, 0.717) is 19.6 Å². The van der Waals surface area contributed by atoms with Crippen LogP contribution < -0.4 is 10.9 Å². The molecule has 4 saturated carbocycles. The van der Waals surface area contributed by atoms with Gasteiger partial charge in [-0.15, -0.1) is 0 Å². The number of hydrogen-bond acceptors (Lipinski definition) is 4. The van der Waals surface area contributed by atoms with Gasteiger partial charge in [-0.25, -0.2) is 8.42 Å². The monoisotopic (exact) mass is 435 g/mol. The van der Waals surface area contributed by atoms with Crippen molar-refractivity contribution in [1.82, 2.24) is 14.2 Å².